The van der Waals surface area contributed by atoms with Crippen molar-refractivity contribution in [1.82, 2.24) is 4.90 Å². The quantitative estimate of drug-likeness (QED) is 0.862. The van der Waals surface area contributed by atoms with Gasteiger partial charge in [-0.1, -0.05) is 48.5 Å². The third-order valence-corrected chi connectivity index (χ3v) is 4.08. The highest BCUT2D eigenvalue weighted by Crippen LogP contribution is 2.41. The maximum absolute atomic E-state index is 12.7. The molecule has 2 aromatic carbocycles. The number of hydrogen-bond acceptors (Lipinski definition) is 3. The van der Waals surface area contributed by atoms with Gasteiger partial charge in [-0.05, 0) is 12.5 Å². The summed E-state index contributed by atoms with van der Waals surface area (Å²) in [7, 11) is 1.63. The van der Waals surface area contributed by atoms with Crippen molar-refractivity contribution >= 4 is 5.91 Å². The zero-order valence-corrected chi connectivity index (χ0v) is 12.5. The molecule has 0 spiro atoms. The van der Waals surface area contributed by atoms with E-state index in [4.69, 9.17) is 4.74 Å². The Hall–Kier alpha value is -2.17. The predicted octanol–water partition coefficient (Wildman–Crippen LogP) is 2.37. The minimum absolute atomic E-state index is 0.141. The molecule has 1 aliphatic rings. The Balaban J connectivity index is 2.07. The lowest BCUT2D eigenvalue weighted by molar-refractivity contribution is -0.0520. The van der Waals surface area contributed by atoms with Crippen molar-refractivity contribution in [1.29, 1.82) is 0 Å². The highest BCUT2D eigenvalue weighted by atomic mass is 16.5. The molecule has 2 aromatic rings. The van der Waals surface area contributed by atoms with E-state index in [2.05, 4.69) is 0 Å². The molecule has 3 rings (SSSR count). The second-order valence-electron chi connectivity index (χ2n) is 5.39. The van der Waals surface area contributed by atoms with Crippen LogP contribution in [0.2, 0.25) is 0 Å². The largest absolute Gasteiger partial charge is 0.385 e. The second-order valence-corrected chi connectivity index (χ2v) is 5.39. The number of amides is 1. The van der Waals surface area contributed by atoms with Crippen LogP contribution in [0.3, 0.4) is 0 Å². The molecule has 22 heavy (non-hydrogen) atoms. The zero-order chi connectivity index (χ0) is 15.6. The Morgan fingerprint density at radius 3 is 2.50 bits per heavy atom. The maximum atomic E-state index is 12.7. The molecule has 0 bridgehead atoms. The smallest absolute Gasteiger partial charge is 0.257 e. The highest BCUT2D eigenvalue weighted by molar-refractivity contribution is 6.00. The Morgan fingerprint density at radius 1 is 1.09 bits per heavy atom. The molecular weight excluding hydrogens is 278 g/mol. The lowest BCUT2D eigenvalue weighted by atomic mass is 9.94. The van der Waals surface area contributed by atoms with Crippen LogP contribution in [-0.4, -0.2) is 36.2 Å². The summed E-state index contributed by atoms with van der Waals surface area (Å²) < 4.78 is 5.07. The molecule has 4 heteroatoms. The number of hydrogen-bond donors (Lipinski definition) is 1. The van der Waals surface area contributed by atoms with Crippen LogP contribution in [0.5, 0.6) is 0 Å². The number of methoxy groups -OCH3 is 1. The minimum Gasteiger partial charge on any atom is -0.385 e. The van der Waals surface area contributed by atoms with Gasteiger partial charge in [-0.2, -0.15) is 0 Å². The molecule has 114 valence electrons. The van der Waals surface area contributed by atoms with Gasteiger partial charge < -0.3 is 14.7 Å². The molecule has 1 atom stereocenters. The van der Waals surface area contributed by atoms with Crippen LogP contribution in [0.4, 0.5) is 0 Å². The van der Waals surface area contributed by atoms with Crippen molar-refractivity contribution in [3.05, 3.63) is 71.3 Å². The van der Waals surface area contributed by atoms with Crippen LogP contribution < -0.4 is 0 Å². The first-order valence-electron chi connectivity index (χ1n) is 7.38. The van der Waals surface area contributed by atoms with Gasteiger partial charge >= 0.3 is 0 Å². The van der Waals surface area contributed by atoms with E-state index in [0.717, 1.165) is 0 Å². The van der Waals surface area contributed by atoms with Crippen molar-refractivity contribution in [3.63, 3.8) is 0 Å². The van der Waals surface area contributed by atoms with Gasteiger partial charge in [0, 0.05) is 37.0 Å². The third-order valence-electron chi connectivity index (χ3n) is 4.08. The second kappa shape index (κ2) is 5.91. The molecule has 1 amide bonds. The number of carbonyl (C=O) groups excluding carboxylic acids is 1. The van der Waals surface area contributed by atoms with Crippen LogP contribution in [-0.2, 0) is 10.5 Å². The fourth-order valence-electron chi connectivity index (χ4n) is 3.02. The van der Waals surface area contributed by atoms with Crippen molar-refractivity contribution in [2.24, 2.45) is 0 Å². The van der Waals surface area contributed by atoms with E-state index in [1.54, 1.807) is 13.2 Å². The van der Waals surface area contributed by atoms with E-state index in [9.17, 15) is 9.90 Å². The van der Waals surface area contributed by atoms with E-state index in [0.29, 0.717) is 36.3 Å². The van der Waals surface area contributed by atoms with Crippen molar-refractivity contribution in [3.8, 4) is 0 Å². The van der Waals surface area contributed by atoms with Crippen molar-refractivity contribution in [2.45, 2.75) is 12.1 Å². The SMILES string of the molecule is COCCCN1C(=O)c2ccccc2C1(O)c1ccccc1. The fraction of sp³-hybridized carbons (Fsp3) is 0.278. The number of nitrogens with zero attached hydrogens (tertiary/aromatic N) is 1. The number of benzene rings is 2. The van der Waals surface area contributed by atoms with Gasteiger partial charge in [-0.25, -0.2) is 0 Å². The fourth-order valence-corrected chi connectivity index (χ4v) is 3.02. The van der Waals surface area contributed by atoms with E-state index in [-0.39, 0.29) is 5.91 Å². The van der Waals surface area contributed by atoms with E-state index in [1.165, 1.54) is 4.90 Å². The van der Waals surface area contributed by atoms with Gasteiger partial charge in [0.2, 0.25) is 0 Å². The normalized spacial score (nSPS) is 20.3. The lowest BCUT2D eigenvalue weighted by Crippen LogP contribution is -2.45. The van der Waals surface area contributed by atoms with E-state index in [1.807, 2.05) is 48.5 Å². The van der Waals surface area contributed by atoms with Crippen LogP contribution >= 0.6 is 0 Å². The van der Waals surface area contributed by atoms with Crippen LogP contribution in [0.1, 0.15) is 27.9 Å². The zero-order valence-electron chi connectivity index (χ0n) is 12.5. The first kappa shape index (κ1) is 14.8. The summed E-state index contributed by atoms with van der Waals surface area (Å²) in [5.74, 6) is -0.141. The molecular formula is C18H19NO3. The van der Waals surface area contributed by atoms with Crippen LogP contribution in [0, 0.1) is 0 Å². The molecule has 0 fully saturated rings. The van der Waals surface area contributed by atoms with Gasteiger partial charge in [0.05, 0.1) is 0 Å². The van der Waals surface area contributed by atoms with Gasteiger partial charge in [-0.15, -0.1) is 0 Å². The van der Waals surface area contributed by atoms with Gasteiger partial charge in [0.1, 0.15) is 0 Å². The summed E-state index contributed by atoms with van der Waals surface area (Å²) in [4.78, 5) is 14.2. The topological polar surface area (TPSA) is 49.8 Å². The standard InChI is InChI=1S/C18H19NO3/c1-22-13-7-12-19-17(20)15-10-5-6-11-16(15)18(19,21)14-8-3-2-4-9-14/h2-6,8-11,21H,7,12-13H2,1H3. The molecule has 0 saturated carbocycles. The summed E-state index contributed by atoms with van der Waals surface area (Å²) in [6, 6.07) is 16.6. The number of fused-ring (bicyclic) bond motifs is 1. The van der Waals surface area contributed by atoms with Gasteiger partial charge in [0.25, 0.3) is 5.91 Å². The maximum Gasteiger partial charge on any atom is 0.257 e. The molecule has 1 N–H and O–H groups in total. The van der Waals surface area contributed by atoms with Crippen molar-refractivity contribution in [2.75, 3.05) is 20.3 Å². The highest BCUT2D eigenvalue weighted by Gasteiger charge is 2.49. The van der Waals surface area contributed by atoms with E-state index >= 15 is 0 Å². The van der Waals surface area contributed by atoms with Gasteiger partial charge in [-0.3, -0.25) is 4.79 Å². The molecule has 4 nitrogen and oxygen atoms in total. The minimum atomic E-state index is -1.41. The van der Waals surface area contributed by atoms with Gasteiger partial charge in [0.15, 0.2) is 5.72 Å². The number of aliphatic hydroxyl groups is 1. The third kappa shape index (κ3) is 2.21. The summed E-state index contributed by atoms with van der Waals surface area (Å²) in [6.45, 7) is 0.984. The summed E-state index contributed by atoms with van der Waals surface area (Å²) in [6.07, 6.45) is 0.672. The average molecular weight is 297 g/mol. The van der Waals surface area contributed by atoms with Crippen LogP contribution in [0.15, 0.2) is 54.6 Å². The Bertz CT molecular complexity index is 671. The average Bonchev–Trinajstić information content (AvgIpc) is 2.79. The summed E-state index contributed by atoms with van der Waals surface area (Å²) in [5.41, 5.74) is 0.489. The predicted molar refractivity (Wildman–Crippen MR) is 83.4 cm³/mol. The number of ether oxygens (including phenoxy) is 1. The van der Waals surface area contributed by atoms with Crippen molar-refractivity contribution < 1.29 is 14.6 Å². The molecule has 1 heterocycles. The first-order chi connectivity index (χ1) is 10.7. The Morgan fingerprint density at radius 2 is 1.77 bits per heavy atom. The molecule has 0 aromatic heterocycles. The molecule has 0 saturated heterocycles. The first-order valence-corrected chi connectivity index (χ1v) is 7.38. The number of carbonyl (C=O) groups is 1. The molecule has 0 radical (unpaired) electrons. The number of rotatable bonds is 5. The molecule has 1 aliphatic heterocycles. The Labute approximate surface area is 130 Å². The Kier molecular flexibility index (Phi) is 3.96. The monoisotopic (exact) mass is 297 g/mol. The van der Waals surface area contributed by atoms with Crippen LogP contribution in [0.25, 0.3) is 0 Å². The lowest BCUT2D eigenvalue weighted by Gasteiger charge is -2.34. The van der Waals surface area contributed by atoms with E-state index < -0.39 is 5.72 Å². The summed E-state index contributed by atoms with van der Waals surface area (Å²) in [5, 5.41) is 11.4. The molecule has 0 aliphatic carbocycles. The molecule has 1 unspecified atom stereocenters. The summed E-state index contributed by atoms with van der Waals surface area (Å²) >= 11 is 0.